The number of rotatable bonds is 3. The zero-order valence-electron chi connectivity index (χ0n) is 12.9. The van der Waals surface area contributed by atoms with Gasteiger partial charge in [0.1, 0.15) is 0 Å². The van der Waals surface area contributed by atoms with Crippen molar-refractivity contribution in [2.45, 2.75) is 36.9 Å². The second-order valence-corrected chi connectivity index (χ2v) is 7.98. The van der Waals surface area contributed by atoms with Gasteiger partial charge in [-0.1, -0.05) is 33.8 Å². The molecule has 4 rings (SSSR count). The number of aromatic nitrogens is 2. The standard InChI is InChI=1S/C17H16BrN3O2S/c18-10-3-1-4-11(7-10)19-15(22)8-12-9-24-17-20-14-6-2-5-13(14)16(23)21(12)17/h1,3-4,7,12H,2,5-6,8-9H2,(H,19,22). The van der Waals surface area contributed by atoms with Gasteiger partial charge in [0.15, 0.2) is 5.16 Å². The third kappa shape index (κ3) is 2.91. The molecule has 1 atom stereocenters. The van der Waals surface area contributed by atoms with Gasteiger partial charge in [0.05, 0.1) is 11.7 Å². The predicted molar refractivity (Wildman–Crippen MR) is 97.7 cm³/mol. The van der Waals surface area contributed by atoms with Gasteiger partial charge < -0.3 is 5.32 Å². The molecule has 1 aromatic heterocycles. The van der Waals surface area contributed by atoms with E-state index in [1.807, 2.05) is 24.3 Å². The highest BCUT2D eigenvalue weighted by atomic mass is 79.9. The molecule has 0 radical (unpaired) electrons. The third-order valence-electron chi connectivity index (χ3n) is 4.40. The molecule has 0 spiro atoms. The lowest BCUT2D eigenvalue weighted by Gasteiger charge is -2.14. The zero-order valence-corrected chi connectivity index (χ0v) is 15.3. The Morgan fingerprint density at radius 3 is 3.12 bits per heavy atom. The lowest BCUT2D eigenvalue weighted by Crippen LogP contribution is -2.30. The smallest absolute Gasteiger partial charge is 0.257 e. The van der Waals surface area contributed by atoms with Crippen LogP contribution in [0, 0.1) is 0 Å². The number of amides is 1. The van der Waals surface area contributed by atoms with E-state index in [1.54, 1.807) is 16.3 Å². The van der Waals surface area contributed by atoms with Crippen LogP contribution in [0.3, 0.4) is 0 Å². The normalized spacial score (nSPS) is 18.3. The molecular weight excluding hydrogens is 390 g/mol. The van der Waals surface area contributed by atoms with Crippen LogP contribution in [0.1, 0.15) is 30.1 Å². The molecule has 2 heterocycles. The minimum absolute atomic E-state index is 0.0535. The molecule has 1 aromatic carbocycles. The molecule has 0 saturated carbocycles. The van der Waals surface area contributed by atoms with Crippen LogP contribution in [0.2, 0.25) is 0 Å². The molecule has 5 nitrogen and oxygen atoms in total. The molecule has 0 saturated heterocycles. The van der Waals surface area contributed by atoms with Gasteiger partial charge in [0.2, 0.25) is 5.91 Å². The summed E-state index contributed by atoms with van der Waals surface area (Å²) in [5, 5.41) is 3.66. The molecule has 1 N–H and O–H groups in total. The Bertz CT molecular complexity index is 881. The number of thioether (sulfide) groups is 1. The van der Waals surface area contributed by atoms with Crippen molar-refractivity contribution in [1.82, 2.24) is 9.55 Å². The van der Waals surface area contributed by atoms with Crippen LogP contribution in [0.5, 0.6) is 0 Å². The first-order chi connectivity index (χ1) is 11.6. The van der Waals surface area contributed by atoms with E-state index < -0.39 is 0 Å². The molecule has 2 aliphatic rings. The fourth-order valence-corrected chi connectivity index (χ4v) is 4.85. The number of aryl methyl sites for hydroxylation is 1. The average molecular weight is 406 g/mol. The largest absolute Gasteiger partial charge is 0.326 e. The number of nitrogens with zero attached hydrogens (tertiary/aromatic N) is 2. The van der Waals surface area contributed by atoms with Crippen LogP contribution >= 0.6 is 27.7 Å². The maximum atomic E-state index is 12.7. The van der Waals surface area contributed by atoms with E-state index in [0.29, 0.717) is 0 Å². The Morgan fingerprint density at radius 2 is 2.29 bits per heavy atom. The Kier molecular flexibility index (Phi) is 4.22. The van der Waals surface area contributed by atoms with Crippen molar-refractivity contribution in [3.05, 3.63) is 50.3 Å². The number of fused-ring (bicyclic) bond motifs is 2. The number of hydrogen-bond acceptors (Lipinski definition) is 4. The van der Waals surface area contributed by atoms with E-state index >= 15 is 0 Å². The topological polar surface area (TPSA) is 64.0 Å². The van der Waals surface area contributed by atoms with Crippen molar-refractivity contribution in [2.75, 3.05) is 11.1 Å². The summed E-state index contributed by atoms with van der Waals surface area (Å²) < 4.78 is 2.65. The lowest BCUT2D eigenvalue weighted by molar-refractivity contribution is -0.116. The summed E-state index contributed by atoms with van der Waals surface area (Å²) in [6.07, 6.45) is 2.99. The number of halogens is 1. The van der Waals surface area contributed by atoms with Crippen LogP contribution in [-0.4, -0.2) is 21.2 Å². The van der Waals surface area contributed by atoms with Gasteiger partial charge in [-0.2, -0.15) is 0 Å². The number of carbonyl (C=O) groups is 1. The van der Waals surface area contributed by atoms with Crippen LogP contribution in [0.4, 0.5) is 5.69 Å². The number of benzene rings is 1. The van der Waals surface area contributed by atoms with E-state index in [4.69, 9.17) is 0 Å². The van der Waals surface area contributed by atoms with Crippen molar-refractivity contribution in [1.29, 1.82) is 0 Å². The number of hydrogen-bond donors (Lipinski definition) is 1. The summed E-state index contributed by atoms with van der Waals surface area (Å²) >= 11 is 4.96. The fraction of sp³-hybridized carbons (Fsp3) is 0.353. The lowest BCUT2D eigenvalue weighted by atomic mass is 10.2. The molecule has 7 heteroatoms. The molecule has 1 aliphatic carbocycles. The molecule has 24 heavy (non-hydrogen) atoms. The SMILES string of the molecule is O=C(CC1CSc2nc3c(c(=O)n21)CCC3)Nc1cccc(Br)c1. The van der Waals surface area contributed by atoms with Crippen LogP contribution < -0.4 is 10.9 Å². The summed E-state index contributed by atoms with van der Waals surface area (Å²) in [5.41, 5.74) is 2.61. The molecule has 124 valence electrons. The molecule has 0 bridgehead atoms. The maximum Gasteiger partial charge on any atom is 0.257 e. The first-order valence-corrected chi connectivity index (χ1v) is 9.72. The third-order valence-corrected chi connectivity index (χ3v) is 5.99. The van der Waals surface area contributed by atoms with Gasteiger partial charge in [-0.05, 0) is 37.5 Å². The van der Waals surface area contributed by atoms with Crippen LogP contribution in [-0.2, 0) is 17.6 Å². The number of anilines is 1. The van der Waals surface area contributed by atoms with Gasteiger partial charge in [0.25, 0.3) is 5.56 Å². The molecule has 2 aromatic rings. The molecule has 0 fully saturated rings. The monoisotopic (exact) mass is 405 g/mol. The van der Waals surface area contributed by atoms with E-state index in [2.05, 4.69) is 26.2 Å². The molecule has 1 aliphatic heterocycles. The van der Waals surface area contributed by atoms with Crippen molar-refractivity contribution >= 4 is 39.3 Å². The summed E-state index contributed by atoms with van der Waals surface area (Å²) in [6, 6.07) is 7.36. The molecule has 1 unspecified atom stereocenters. The first-order valence-electron chi connectivity index (χ1n) is 7.94. The Balaban J connectivity index is 1.54. The molecule has 1 amide bonds. The Labute approximate surface area is 152 Å². The van der Waals surface area contributed by atoms with E-state index in [1.165, 1.54) is 0 Å². The molecular formula is C17H16BrN3O2S. The van der Waals surface area contributed by atoms with Crippen molar-refractivity contribution < 1.29 is 4.79 Å². The first kappa shape index (κ1) is 15.9. The van der Waals surface area contributed by atoms with Crippen molar-refractivity contribution in [2.24, 2.45) is 0 Å². The predicted octanol–water partition coefficient (Wildman–Crippen LogP) is 3.17. The quantitative estimate of drug-likeness (QED) is 0.796. The summed E-state index contributed by atoms with van der Waals surface area (Å²) in [4.78, 5) is 29.7. The summed E-state index contributed by atoms with van der Waals surface area (Å²) in [7, 11) is 0. The van der Waals surface area contributed by atoms with Crippen LogP contribution in [0.15, 0.2) is 38.7 Å². The highest BCUT2D eigenvalue weighted by molar-refractivity contribution is 9.10. The Morgan fingerprint density at radius 1 is 1.42 bits per heavy atom. The van der Waals surface area contributed by atoms with E-state index in [0.717, 1.165) is 51.6 Å². The van der Waals surface area contributed by atoms with Gasteiger partial charge in [-0.3, -0.25) is 14.2 Å². The second-order valence-electron chi connectivity index (χ2n) is 6.08. The van der Waals surface area contributed by atoms with Gasteiger partial charge in [-0.25, -0.2) is 4.98 Å². The maximum absolute atomic E-state index is 12.7. The minimum atomic E-state index is -0.122. The van der Waals surface area contributed by atoms with E-state index in [9.17, 15) is 9.59 Å². The van der Waals surface area contributed by atoms with Gasteiger partial charge in [-0.15, -0.1) is 0 Å². The van der Waals surface area contributed by atoms with Gasteiger partial charge >= 0.3 is 0 Å². The summed E-state index contributed by atoms with van der Waals surface area (Å²) in [6.45, 7) is 0. The zero-order chi connectivity index (χ0) is 16.7. The van der Waals surface area contributed by atoms with Crippen LogP contribution in [0.25, 0.3) is 0 Å². The van der Waals surface area contributed by atoms with Gasteiger partial charge in [0, 0.05) is 27.9 Å². The number of carbonyl (C=O) groups excluding carboxylic acids is 1. The Hall–Kier alpha value is -1.60. The van der Waals surface area contributed by atoms with E-state index in [-0.39, 0.29) is 23.9 Å². The second kappa shape index (κ2) is 6.37. The van der Waals surface area contributed by atoms with Crippen molar-refractivity contribution in [3.8, 4) is 0 Å². The number of nitrogens with one attached hydrogen (secondary N) is 1. The highest BCUT2D eigenvalue weighted by Gasteiger charge is 2.31. The average Bonchev–Trinajstić information content (AvgIpc) is 3.15. The summed E-state index contributed by atoms with van der Waals surface area (Å²) in [5.74, 6) is 0.635. The highest BCUT2D eigenvalue weighted by Crippen LogP contribution is 2.34. The minimum Gasteiger partial charge on any atom is -0.326 e. The van der Waals surface area contributed by atoms with Crippen molar-refractivity contribution in [3.63, 3.8) is 0 Å². The fourth-order valence-electron chi connectivity index (χ4n) is 3.29.